The quantitative estimate of drug-likeness (QED) is 0.696. The number of fused-ring (bicyclic) bond motifs is 1. The molecule has 88 valence electrons. The number of rotatable bonds is 0. The molecule has 1 aromatic heterocycles. The molecule has 2 heterocycles. The molecular weight excluding hydrogens is 222 g/mol. The van der Waals surface area contributed by atoms with Crippen LogP contribution in [0, 0.1) is 0 Å². The normalized spacial score (nSPS) is 15.8. The highest BCUT2D eigenvalue weighted by molar-refractivity contribution is 7.10. The molecule has 0 saturated heterocycles. The maximum Gasteiger partial charge on any atom is 0.410 e. The number of amides is 1. The Hall–Kier alpha value is -1.03. The van der Waals surface area contributed by atoms with Gasteiger partial charge in [0.15, 0.2) is 0 Å². The first-order valence-electron chi connectivity index (χ1n) is 5.49. The van der Waals surface area contributed by atoms with Crippen molar-refractivity contribution in [1.82, 2.24) is 4.90 Å². The van der Waals surface area contributed by atoms with Crippen LogP contribution < -0.4 is 0 Å². The Labute approximate surface area is 100 Å². The second kappa shape index (κ2) is 4.09. The molecule has 1 amide bonds. The van der Waals surface area contributed by atoms with Gasteiger partial charge in [0.05, 0.1) is 6.54 Å². The number of ether oxygens (including phenoxy) is 1. The van der Waals surface area contributed by atoms with Gasteiger partial charge >= 0.3 is 6.09 Å². The predicted molar refractivity (Wildman–Crippen MR) is 64.7 cm³/mol. The lowest BCUT2D eigenvalue weighted by atomic mass is 10.1. The largest absolute Gasteiger partial charge is 0.444 e. The molecule has 0 bridgehead atoms. The monoisotopic (exact) mass is 239 g/mol. The lowest BCUT2D eigenvalue weighted by Crippen LogP contribution is -2.39. The SMILES string of the molecule is CC(C)(C)OC(=O)N1CCc2sccc2C1. The first-order valence-corrected chi connectivity index (χ1v) is 6.37. The van der Waals surface area contributed by atoms with Crippen molar-refractivity contribution in [3.63, 3.8) is 0 Å². The molecule has 1 aliphatic rings. The van der Waals surface area contributed by atoms with E-state index in [4.69, 9.17) is 4.74 Å². The van der Waals surface area contributed by atoms with Gasteiger partial charge in [-0.2, -0.15) is 0 Å². The number of carbonyl (C=O) groups excluding carboxylic acids is 1. The summed E-state index contributed by atoms with van der Waals surface area (Å²) >= 11 is 1.77. The Balaban J connectivity index is 2.01. The van der Waals surface area contributed by atoms with E-state index in [1.54, 1.807) is 16.2 Å². The highest BCUT2D eigenvalue weighted by Crippen LogP contribution is 2.25. The molecule has 0 N–H and O–H groups in total. The minimum absolute atomic E-state index is 0.204. The van der Waals surface area contributed by atoms with Crippen LogP contribution in [-0.2, 0) is 17.7 Å². The highest BCUT2D eigenvalue weighted by Gasteiger charge is 2.25. The number of hydrogen-bond acceptors (Lipinski definition) is 3. The Morgan fingerprint density at radius 3 is 2.94 bits per heavy atom. The third-order valence-corrected chi connectivity index (χ3v) is 3.48. The number of nitrogens with zero attached hydrogens (tertiary/aromatic N) is 1. The summed E-state index contributed by atoms with van der Waals surface area (Å²) in [4.78, 5) is 15.0. The Morgan fingerprint density at radius 2 is 2.25 bits per heavy atom. The van der Waals surface area contributed by atoms with Gasteiger partial charge in [0.2, 0.25) is 0 Å². The van der Waals surface area contributed by atoms with Crippen molar-refractivity contribution in [2.75, 3.05) is 6.54 Å². The maximum absolute atomic E-state index is 11.9. The molecule has 1 aliphatic heterocycles. The summed E-state index contributed by atoms with van der Waals surface area (Å²) in [7, 11) is 0. The van der Waals surface area contributed by atoms with E-state index in [1.807, 2.05) is 20.8 Å². The fourth-order valence-electron chi connectivity index (χ4n) is 1.73. The van der Waals surface area contributed by atoms with Gasteiger partial charge in [0, 0.05) is 11.4 Å². The van der Waals surface area contributed by atoms with Crippen molar-refractivity contribution in [2.45, 2.75) is 39.3 Å². The van der Waals surface area contributed by atoms with Crippen molar-refractivity contribution >= 4 is 17.4 Å². The first kappa shape index (κ1) is 11.5. The van der Waals surface area contributed by atoms with Gasteiger partial charge in [-0.05, 0) is 44.2 Å². The summed E-state index contributed by atoms with van der Waals surface area (Å²) in [6, 6.07) is 2.09. The van der Waals surface area contributed by atoms with Crippen molar-refractivity contribution in [3.8, 4) is 0 Å². The molecule has 4 heteroatoms. The van der Waals surface area contributed by atoms with Crippen molar-refractivity contribution < 1.29 is 9.53 Å². The van der Waals surface area contributed by atoms with Crippen molar-refractivity contribution in [2.24, 2.45) is 0 Å². The van der Waals surface area contributed by atoms with Crippen LogP contribution in [0.1, 0.15) is 31.2 Å². The minimum Gasteiger partial charge on any atom is -0.444 e. The van der Waals surface area contributed by atoms with E-state index in [0.29, 0.717) is 6.54 Å². The molecule has 0 fully saturated rings. The maximum atomic E-state index is 11.9. The van der Waals surface area contributed by atoms with E-state index in [-0.39, 0.29) is 6.09 Å². The Morgan fingerprint density at radius 1 is 1.50 bits per heavy atom. The molecular formula is C12H17NO2S. The van der Waals surface area contributed by atoms with Crippen LogP contribution in [0.2, 0.25) is 0 Å². The zero-order valence-corrected chi connectivity index (χ0v) is 10.8. The van der Waals surface area contributed by atoms with Gasteiger partial charge in [-0.15, -0.1) is 11.3 Å². The molecule has 0 aliphatic carbocycles. The van der Waals surface area contributed by atoms with Crippen LogP contribution >= 0.6 is 11.3 Å². The lowest BCUT2D eigenvalue weighted by molar-refractivity contribution is 0.0225. The summed E-state index contributed by atoms with van der Waals surface area (Å²) in [6.45, 7) is 7.14. The zero-order valence-electron chi connectivity index (χ0n) is 9.95. The average Bonchev–Trinajstić information content (AvgIpc) is 2.61. The molecule has 0 aromatic carbocycles. The van der Waals surface area contributed by atoms with Gasteiger partial charge < -0.3 is 9.64 Å². The van der Waals surface area contributed by atoms with Crippen LogP contribution in [0.15, 0.2) is 11.4 Å². The topological polar surface area (TPSA) is 29.5 Å². The van der Waals surface area contributed by atoms with Crippen LogP contribution in [0.5, 0.6) is 0 Å². The van der Waals surface area contributed by atoms with E-state index >= 15 is 0 Å². The van der Waals surface area contributed by atoms with Gasteiger partial charge in [-0.25, -0.2) is 4.79 Å². The van der Waals surface area contributed by atoms with Crippen LogP contribution in [-0.4, -0.2) is 23.1 Å². The summed E-state index contributed by atoms with van der Waals surface area (Å²) in [5.41, 5.74) is 0.855. The molecule has 2 rings (SSSR count). The smallest absolute Gasteiger partial charge is 0.410 e. The molecule has 0 radical (unpaired) electrons. The summed E-state index contributed by atoms with van der Waals surface area (Å²) < 4.78 is 5.36. The number of thiophene rings is 1. The molecule has 1 aromatic rings. The molecule has 3 nitrogen and oxygen atoms in total. The fourth-order valence-corrected chi connectivity index (χ4v) is 2.62. The molecule has 0 atom stereocenters. The summed E-state index contributed by atoms with van der Waals surface area (Å²) in [5.74, 6) is 0. The van der Waals surface area contributed by atoms with E-state index in [0.717, 1.165) is 13.0 Å². The first-order chi connectivity index (χ1) is 7.46. The Kier molecular flexibility index (Phi) is 2.93. The number of hydrogen-bond donors (Lipinski definition) is 0. The van der Waals surface area contributed by atoms with Gasteiger partial charge in [0.1, 0.15) is 5.60 Å². The van der Waals surface area contributed by atoms with E-state index in [9.17, 15) is 4.79 Å². The van der Waals surface area contributed by atoms with E-state index in [1.165, 1.54) is 10.4 Å². The fraction of sp³-hybridized carbons (Fsp3) is 0.583. The summed E-state index contributed by atoms with van der Waals surface area (Å²) in [6.07, 6.45) is 0.746. The lowest BCUT2D eigenvalue weighted by Gasteiger charge is -2.29. The van der Waals surface area contributed by atoms with Gasteiger partial charge in [-0.3, -0.25) is 0 Å². The predicted octanol–water partition coefficient (Wildman–Crippen LogP) is 3.04. The standard InChI is InChI=1S/C12H17NO2S/c1-12(2,3)15-11(14)13-6-4-10-9(8-13)5-7-16-10/h5,7H,4,6,8H2,1-3H3. The molecule has 0 unspecified atom stereocenters. The molecule has 16 heavy (non-hydrogen) atoms. The van der Waals surface area contributed by atoms with Crippen LogP contribution in [0.25, 0.3) is 0 Å². The zero-order chi connectivity index (χ0) is 11.8. The average molecular weight is 239 g/mol. The highest BCUT2D eigenvalue weighted by atomic mass is 32.1. The van der Waals surface area contributed by atoms with Gasteiger partial charge in [0.25, 0.3) is 0 Å². The second-order valence-electron chi connectivity index (χ2n) is 5.02. The van der Waals surface area contributed by atoms with Crippen molar-refractivity contribution in [3.05, 3.63) is 21.9 Å². The van der Waals surface area contributed by atoms with E-state index < -0.39 is 5.60 Å². The second-order valence-corrected chi connectivity index (χ2v) is 6.02. The van der Waals surface area contributed by atoms with E-state index in [2.05, 4.69) is 11.4 Å². The third-order valence-electron chi connectivity index (χ3n) is 2.46. The van der Waals surface area contributed by atoms with Crippen LogP contribution in [0.3, 0.4) is 0 Å². The minimum atomic E-state index is -0.411. The van der Waals surface area contributed by atoms with Gasteiger partial charge in [-0.1, -0.05) is 0 Å². The summed E-state index contributed by atoms with van der Waals surface area (Å²) in [5, 5.41) is 2.09. The van der Waals surface area contributed by atoms with Crippen LogP contribution in [0.4, 0.5) is 4.79 Å². The molecule has 0 saturated carbocycles. The third kappa shape index (κ3) is 2.55. The number of carbonyl (C=O) groups is 1. The molecule has 0 spiro atoms. The Bertz CT molecular complexity index is 392. The van der Waals surface area contributed by atoms with Crippen molar-refractivity contribution in [1.29, 1.82) is 0 Å².